The third-order valence-corrected chi connectivity index (χ3v) is 4.07. The molecule has 0 saturated carbocycles. The van der Waals surface area contributed by atoms with Crippen molar-refractivity contribution in [2.24, 2.45) is 5.10 Å². The molecule has 3 aromatic rings. The van der Waals surface area contributed by atoms with E-state index in [1.54, 1.807) is 38.6 Å². The van der Waals surface area contributed by atoms with Crippen LogP contribution in [0.4, 0.5) is 5.82 Å². The number of carbonyl (C=O) groups excluding carboxylic acids is 1. The molecule has 2 aromatic carbocycles. The minimum Gasteiger partial charge on any atom is -0.490 e. The lowest BCUT2D eigenvalue weighted by Gasteiger charge is -2.14. The van der Waals surface area contributed by atoms with Crippen LogP contribution in [0.3, 0.4) is 0 Å². The van der Waals surface area contributed by atoms with Crippen LogP contribution in [-0.4, -0.2) is 54.5 Å². The van der Waals surface area contributed by atoms with Crippen molar-refractivity contribution in [1.29, 1.82) is 0 Å². The molecule has 0 atom stereocenters. The first-order valence-corrected chi connectivity index (χ1v) is 9.17. The lowest BCUT2D eigenvalue weighted by atomic mass is 10.2. The minimum atomic E-state index is -0.126. The maximum Gasteiger partial charge on any atom is 0.259 e. The average molecular weight is 393 g/mol. The van der Waals surface area contributed by atoms with Gasteiger partial charge in [-0.15, -0.1) is 5.10 Å². The van der Waals surface area contributed by atoms with Crippen molar-refractivity contribution < 1.29 is 14.3 Å². The molecule has 1 amide bonds. The lowest BCUT2D eigenvalue weighted by molar-refractivity contribution is -0.130. The molecule has 0 unspecified atom stereocenters. The topological polar surface area (TPSA) is 88.9 Å². The monoisotopic (exact) mass is 393 g/mol. The summed E-state index contributed by atoms with van der Waals surface area (Å²) in [5.41, 5.74) is 3.73. The predicted octanol–water partition coefficient (Wildman–Crippen LogP) is 2.94. The Morgan fingerprint density at radius 1 is 1.17 bits per heavy atom. The number of hydrogen-bond acceptors (Lipinski definition) is 7. The van der Waals surface area contributed by atoms with E-state index in [0.29, 0.717) is 23.9 Å². The zero-order chi connectivity index (χ0) is 20.6. The molecule has 3 rings (SSSR count). The number of fused-ring (bicyclic) bond motifs is 1. The Balaban J connectivity index is 1.73. The highest BCUT2D eigenvalue weighted by molar-refractivity contribution is 5.91. The lowest BCUT2D eigenvalue weighted by Crippen LogP contribution is -2.27. The first-order valence-electron chi connectivity index (χ1n) is 9.17. The van der Waals surface area contributed by atoms with E-state index in [2.05, 4.69) is 20.7 Å². The molecule has 1 heterocycles. The van der Waals surface area contributed by atoms with Gasteiger partial charge in [0.2, 0.25) is 0 Å². The normalized spacial score (nSPS) is 10.9. The van der Waals surface area contributed by atoms with Gasteiger partial charge < -0.3 is 14.4 Å². The van der Waals surface area contributed by atoms with Gasteiger partial charge in [-0.2, -0.15) is 10.2 Å². The summed E-state index contributed by atoms with van der Waals surface area (Å²) >= 11 is 0. The largest absolute Gasteiger partial charge is 0.490 e. The number of carbonyl (C=O) groups is 1. The predicted molar refractivity (Wildman–Crippen MR) is 113 cm³/mol. The second-order valence-corrected chi connectivity index (χ2v) is 6.37. The summed E-state index contributed by atoms with van der Waals surface area (Å²) in [6, 6.07) is 13.2. The van der Waals surface area contributed by atoms with Gasteiger partial charge in [0.25, 0.3) is 5.91 Å². The first kappa shape index (κ1) is 20.1. The Kier molecular flexibility index (Phi) is 6.57. The molecule has 0 aliphatic heterocycles. The highest BCUT2D eigenvalue weighted by atomic mass is 16.5. The van der Waals surface area contributed by atoms with E-state index >= 15 is 0 Å². The van der Waals surface area contributed by atoms with Crippen molar-refractivity contribution in [3.05, 3.63) is 54.2 Å². The average Bonchev–Trinajstić information content (AvgIpc) is 2.73. The van der Waals surface area contributed by atoms with Crippen molar-refractivity contribution >= 4 is 28.7 Å². The van der Waals surface area contributed by atoms with Crippen molar-refractivity contribution in [2.45, 2.75) is 6.92 Å². The molecule has 0 bridgehead atoms. The Morgan fingerprint density at radius 3 is 2.79 bits per heavy atom. The van der Waals surface area contributed by atoms with E-state index in [-0.39, 0.29) is 12.5 Å². The molecular weight excluding hydrogens is 370 g/mol. The number of amides is 1. The first-order chi connectivity index (χ1) is 14.1. The number of aromatic nitrogens is 2. The van der Waals surface area contributed by atoms with Gasteiger partial charge in [-0.1, -0.05) is 24.3 Å². The number of hydrazone groups is 1. The van der Waals surface area contributed by atoms with Gasteiger partial charge in [-0.3, -0.25) is 10.2 Å². The number of ether oxygens (including phenoxy) is 2. The van der Waals surface area contributed by atoms with Crippen LogP contribution in [0.5, 0.6) is 11.5 Å². The molecule has 0 radical (unpaired) electrons. The maximum atomic E-state index is 11.7. The van der Waals surface area contributed by atoms with Crippen LogP contribution in [0, 0.1) is 0 Å². The van der Waals surface area contributed by atoms with Gasteiger partial charge in [0, 0.05) is 24.9 Å². The molecule has 150 valence electrons. The molecule has 8 heteroatoms. The van der Waals surface area contributed by atoms with Crippen LogP contribution in [0.25, 0.3) is 10.8 Å². The molecule has 0 saturated heterocycles. The zero-order valence-corrected chi connectivity index (χ0v) is 16.6. The quantitative estimate of drug-likeness (QED) is 0.468. The van der Waals surface area contributed by atoms with E-state index in [1.165, 1.54) is 4.90 Å². The molecule has 0 aliphatic carbocycles. The van der Waals surface area contributed by atoms with Crippen LogP contribution >= 0.6 is 0 Å². The molecule has 0 aliphatic rings. The Bertz CT molecular complexity index is 1010. The fourth-order valence-electron chi connectivity index (χ4n) is 2.54. The molecule has 1 aromatic heterocycles. The van der Waals surface area contributed by atoms with Gasteiger partial charge in [-0.25, -0.2) is 0 Å². The number of benzene rings is 2. The van der Waals surface area contributed by atoms with Crippen molar-refractivity contribution in [2.75, 3.05) is 32.7 Å². The summed E-state index contributed by atoms with van der Waals surface area (Å²) in [6.07, 6.45) is 3.36. The minimum absolute atomic E-state index is 0.0538. The summed E-state index contributed by atoms with van der Waals surface area (Å²) in [4.78, 5) is 13.2. The van der Waals surface area contributed by atoms with Crippen LogP contribution in [0.15, 0.2) is 53.8 Å². The van der Waals surface area contributed by atoms with E-state index in [4.69, 9.17) is 9.47 Å². The standard InChI is InChI=1S/C21H23N5O3/c1-4-28-19-11-15(9-10-18(19)29-14-20(27)26(2)3)12-22-24-21-17-8-6-5-7-16(17)13-23-25-21/h5-13H,4,14H2,1-3H3,(H,24,25). The van der Waals surface area contributed by atoms with Crippen LogP contribution in [-0.2, 0) is 4.79 Å². The summed E-state index contributed by atoms with van der Waals surface area (Å²) < 4.78 is 11.2. The van der Waals surface area contributed by atoms with E-state index < -0.39 is 0 Å². The number of likely N-dealkylation sites (N-methyl/N-ethyl adjacent to an activating group) is 1. The second kappa shape index (κ2) is 9.50. The Labute approximate surface area is 169 Å². The highest BCUT2D eigenvalue weighted by Gasteiger charge is 2.10. The zero-order valence-electron chi connectivity index (χ0n) is 16.6. The van der Waals surface area contributed by atoms with Crippen molar-refractivity contribution in [3.63, 3.8) is 0 Å². The van der Waals surface area contributed by atoms with Gasteiger partial charge >= 0.3 is 0 Å². The van der Waals surface area contributed by atoms with Gasteiger partial charge in [0.05, 0.1) is 19.0 Å². The Hall–Kier alpha value is -3.68. The SMILES string of the molecule is CCOc1cc(C=NNc2nncc3ccccc23)ccc1OCC(=O)N(C)C. The van der Waals surface area contributed by atoms with Crippen LogP contribution < -0.4 is 14.9 Å². The smallest absolute Gasteiger partial charge is 0.259 e. The van der Waals surface area contributed by atoms with Crippen molar-refractivity contribution in [3.8, 4) is 11.5 Å². The maximum absolute atomic E-state index is 11.7. The summed E-state index contributed by atoms with van der Waals surface area (Å²) in [5.74, 6) is 1.50. The van der Waals surface area contributed by atoms with Crippen molar-refractivity contribution in [1.82, 2.24) is 15.1 Å². The van der Waals surface area contributed by atoms with E-state index in [1.807, 2.05) is 37.3 Å². The number of nitrogens with zero attached hydrogens (tertiary/aromatic N) is 4. The fraction of sp³-hybridized carbons (Fsp3) is 0.238. The van der Waals surface area contributed by atoms with Crippen LogP contribution in [0.2, 0.25) is 0 Å². The number of nitrogens with one attached hydrogen (secondary N) is 1. The van der Waals surface area contributed by atoms with E-state index in [9.17, 15) is 4.79 Å². The highest BCUT2D eigenvalue weighted by Crippen LogP contribution is 2.28. The Morgan fingerprint density at radius 2 is 2.00 bits per heavy atom. The van der Waals surface area contributed by atoms with Crippen LogP contribution in [0.1, 0.15) is 12.5 Å². The third kappa shape index (κ3) is 5.19. The number of anilines is 1. The summed E-state index contributed by atoms with van der Waals surface area (Å²) in [5, 5.41) is 14.2. The van der Waals surface area contributed by atoms with Gasteiger partial charge in [0.15, 0.2) is 23.9 Å². The van der Waals surface area contributed by atoms with Gasteiger partial charge in [-0.05, 0) is 30.7 Å². The molecule has 0 fully saturated rings. The third-order valence-electron chi connectivity index (χ3n) is 4.07. The van der Waals surface area contributed by atoms with Gasteiger partial charge in [0.1, 0.15) is 0 Å². The molecular formula is C21H23N5O3. The number of hydrogen-bond donors (Lipinski definition) is 1. The second-order valence-electron chi connectivity index (χ2n) is 6.37. The molecule has 29 heavy (non-hydrogen) atoms. The molecule has 8 nitrogen and oxygen atoms in total. The molecule has 0 spiro atoms. The number of rotatable bonds is 8. The molecule has 1 N–H and O–H groups in total. The summed E-state index contributed by atoms with van der Waals surface area (Å²) in [7, 11) is 3.37. The van der Waals surface area contributed by atoms with E-state index in [0.717, 1.165) is 16.3 Å². The fourth-order valence-corrected chi connectivity index (χ4v) is 2.54. The summed E-state index contributed by atoms with van der Waals surface area (Å²) in [6.45, 7) is 2.31.